The van der Waals surface area contributed by atoms with Crippen molar-refractivity contribution in [1.82, 2.24) is 13.3 Å². The van der Waals surface area contributed by atoms with Crippen LogP contribution < -0.4 is 4.72 Å². The fourth-order valence-corrected chi connectivity index (χ4v) is 5.12. The van der Waals surface area contributed by atoms with Crippen molar-refractivity contribution in [2.45, 2.75) is 37.7 Å². The second kappa shape index (κ2) is 7.55. The maximum absolute atomic E-state index is 12.2. The summed E-state index contributed by atoms with van der Waals surface area (Å²) in [5.74, 6) is 0.407. The summed E-state index contributed by atoms with van der Waals surface area (Å²) >= 11 is 0. The van der Waals surface area contributed by atoms with Crippen LogP contribution in [-0.2, 0) is 25.0 Å². The predicted octanol–water partition coefficient (Wildman–Crippen LogP) is -0.00670. The lowest BCUT2D eigenvalue weighted by molar-refractivity contribution is -0.121. The minimum atomic E-state index is -3.36. The molecule has 0 radical (unpaired) electrons. The van der Waals surface area contributed by atoms with Gasteiger partial charge in [-0.15, -0.1) is 0 Å². The van der Waals surface area contributed by atoms with Crippen molar-refractivity contribution in [3.63, 3.8) is 0 Å². The number of hydrogen-bond donors (Lipinski definition) is 1. The van der Waals surface area contributed by atoms with Crippen LogP contribution in [0.4, 0.5) is 0 Å². The first-order valence-electron chi connectivity index (χ1n) is 8.30. The summed E-state index contributed by atoms with van der Waals surface area (Å²) in [6.07, 6.45) is 5.13. The van der Waals surface area contributed by atoms with Crippen LogP contribution in [0.1, 0.15) is 32.1 Å². The first kappa shape index (κ1) is 20.1. The van der Waals surface area contributed by atoms with E-state index in [0.717, 1.165) is 19.3 Å². The number of nitrogens with one attached hydrogen (secondary N) is 1. The molecule has 0 amide bonds. The molecular formula is C14H29N3O5S2. The molecule has 2 saturated heterocycles. The number of hydrogen-bond acceptors (Lipinski definition) is 5. The Kier molecular flexibility index (Phi) is 6.31. The molecule has 2 fully saturated rings. The largest absolute Gasteiger partial charge is 0.375 e. The molecule has 2 heterocycles. The first-order valence-corrected chi connectivity index (χ1v) is 11.6. The van der Waals surface area contributed by atoms with Gasteiger partial charge in [0.25, 0.3) is 10.2 Å². The highest BCUT2D eigenvalue weighted by Crippen LogP contribution is 2.39. The summed E-state index contributed by atoms with van der Waals surface area (Å²) in [7, 11) is -3.43. The Balaban J connectivity index is 1.88. The average molecular weight is 384 g/mol. The number of rotatable bonds is 6. The standard InChI is InChI=1S/C14H29N3O5S2/c1-16(2)24(20,21)17-9-6-14(7-10-17)12-13(5-11-22-14)4-8-15-23(3,18)19/h13,15H,4-12H2,1-3H3. The molecule has 2 rings (SSSR count). The third-order valence-corrected chi connectivity index (χ3v) is 7.60. The van der Waals surface area contributed by atoms with Gasteiger partial charge in [-0.3, -0.25) is 0 Å². The van der Waals surface area contributed by atoms with Crippen LogP contribution in [0.3, 0.4) is 0 Å². The summed E-state index contributed by atoms with van der Waals surface area (Å²) < 4.78 is 58.0. The van der Waals surface area contributed by atoms with E-state index < -0.39 is 20.2 Å². The normalized spacial score (nSPS) is 26.1. The maximum Gasteiger partial charge on any atom is 0.281 e. The molecule has 1 N–H and O–H groups in total. The van der Waals surface area contributed by atoms with Crippen molar-refractivity contribution in [3.05, 3.63) is 0 Å². The van der Waals surface area contributed by atoms with Crippen LogP contribution >= 0.6 is 0 Å². The van der Waals surface area contributed by atoms with Gasteiger partial charge in [0.2, 0.25) is 10.0 Å². The van der Waals surface area contributed by atoms with E-state index in [4.69, 9.17) is 4.74 Å². The molecule has 0 bridgehead atoms. The second-order valence-corrected chi connectivity index (χ2v) is 11.0. The zero-order chi connectivity index (χ0) is 18.0. The molecule has 0 aromatic rings. The summed E-state index contributed by atoms with van der Waals surface area (Å²) in [6.45, 7) is 2.04. The van der Waals surface area contributed by atoms with Gasteiger partial charge < -0.3 is 4.74 Å². The lowest BCUT2D eigenvalue weighted by atomic mass is 9.79. The third-order valence-electron chi connectivity index (χ3n) is 4.93. The lowest BCUT2D eigenvalue weighted by Gasteiger charge is -2.46. The fraction of sp³-hybridized carbons (Fsp3) is 1.00. The van der Waals surface area contributed by atoms with E-state index in [0.29, 0.717) is 45.0 Å². The molecule has 24 heavy (non-hydrogen) atoms. The highest BCUT2D eigenvalue weighted by molar-refractivity contribution is 7.88. The molecule has 8 nitrogen and oxygen atoms in total. The average Bonchev–Trinajstić information content (AvgIpc) is 2.46. The lowest BCUT2D eigenvalue weighted by Crippen LogP contribution is -2.52. The minimum absolute atomic E-state index is 0.258. The predicted molar refractivity (Wildman–Crippen MR) is 92.3 cm³/mol. The van der Waals surface area contributed by atoms with Gasteiger partial charge in [-0.05, 0) is 38.0 Å². The fourth-order valence-electron chi connectivity index (χ4n) is 3.53. The summed E-state index contributed by atoms with van der Waals surface area (Å²) in [5.41, 5.74) is -0.258. The Morgan fingerprint density at radius 2 is 1.83 bits per heavy atom. The molecule has 2 aliphatic heterocycles. The zero-order valence-corrected chi connectivity index (χ0v) is 16.3. The Labute approximate surface area is 145 Å². The van der Waals surface area contributed by atoms with Crippen molar-refractivity contribution < 1.29 is 21.6 Å². The van der Waals surface area contributed by atoms with E-state index in [2.05, 4.69) is 4.72 Å². The number of piperidine rings is 1. The molecule has 1 spiro atoms. The molecular weight excluding hydrogens is 354 g/mol. The first-order chi connectivity index (χ1) is 11.0. The van der Waals surface area contributed by atoms with E-state index in [1.807, 2.05) is 0 Å². The molecule has 2 aliphatic rings. The Morgan fingerprint density at radius 1 is 1.21 bits per heavy atom. The summed E-state index contributed by atoms with van der Waals surface area (Å²) in [6, 6.07) is 0. The van der Waals surface area contributed by atoms with Gasteiger partial charge in [0.15, 0.2) is 0 Å². The Bertz CT molecular complexity index is 625. The van der Waals surface area contributed by atoms with Crippen LogP contribution in [0.25, 0.3) is 0 Å². The van der Waals surface area contributed by atoms with Gasteiger partial charge in [0.05, 0.1) is 11.9 Å². The molecule has 1 atom stereocenters. The van der Waals surface area contributed by atoms with Crippen LogP contribution in [0.2, 0.25) is 0 Å². The maximum atomic E-state index is 12.2. The van der Waals surface area contributed by atoms with E-state index in [1.165, 1.54) is 14.9 Å². The van der Waals surface area contributed by atoms with E-state index in [1.54, 1.807) is 14.1 Å². The van der Waals surface area contributed by atoms with Crippen LogP contribution in [0, 0.1) is 5.92 Å². The number of ether oxygens (including phenoxy) is 1. The molecule has 10 heteroatoms. The van der Waals surface area contributed by atoms with Gasteiger partial charge in [-0.2, -0.15) is 17.0 Å². The van der Waals surface area contributed by atoms with Gasteiger partial charge in [0, 0.05) is 40.3 Å². The van der Waals surface area contributed by atoms with Gasteiger partial charge in [-0.25, -0.2) is 13.1 Å². The molecule has 1 unspecified atom stereocenters. The molecule has 0 saturated carbocycles. The zero-order valence-electron chi connectivity index (χ0n) is 14.7. The van der Waals surface area contributed by atoms with Crippen molar-refractivity contribution in [1.29, 1.82) is 0 Å². The molecule has 142 valence electrons. The molecule has 0 aromatic heterocycles. The highest BCUT2D eigenvalue weighted by atomic mass is 32.2. The molecule has 0 aliphatic carbocycles. The quantitative estimate of drug-likeness (QED) is 0.696. The van der Waals surface area contributed by atoms with Crippen molar-refractivity contribution in [3.8, 4) is 0 Å². The monoisotopic (exact) mass is 383 g/mol. The van der Waals surface area contributed by atoms with E-state index in [-0.39, 0.29) is 5.60 Å². The Morgan fingerprint density at radius 3 is 2.38 bits per heavy atom. The number of nitrogens with zero attached hydrogens (tertiary/aromatic N) is 2. The van der Waals surface area contributed by atoms with Crippen molar-refractivity contribution >= 4 is 20.2 Å². The summed E-state index contributed by atoms with van der Waals surface area (Å²) in [5, 5.41) is 0. The van der Waals surface area contributed by atoms with Gasteiger partial charge >= 0.3 is 0 Å². The third kappa shape index (κ3) is 5.12. The van der Waals surface area contributed by atoms with Crippen molar-refractivity contribution in [2.75, 3.05) is 46.6 Å². The highest BCUT2D eigenvalue weighted by Gasteiger charge is 2.42. The van der Waals surface area contributed by atoms with E-state index in [9.17, 15) is 16.8 Å². The minimum Gasteiger partial charge on any atom is -0.375 e. The van der Waals surface area contributed by atoms with Crippen LogP contribution in [0.5, 0.6) is 0 Å². The van der Waals surface area contributed by atoms with Crippen molar-refractivity contribution in [2.24, 2.45) is 5.92 Å². The van der Waals surface area contributed by atoms with Gasteiger partial charge in [-0.1, -0.05) is 0 Å². The topological polar surface area (TPSA) is 96.0 Å². The second-order valence-electron chi connectivity index (χ2n) is 7.03. The molecule has 0 aromatic carbocycles. The summed E-state index contributed by atoms with van der Waals surface area (Å²) in [4.78, 5) is 0. The smallest absolute Gasteiger partial charge is 0.281 e. The number of sulfonamides is 1. The van der Waals surface area contributed by atoms with Crippen LogP contribution in [-0.4, -0.2) is 77.6 Å². The Hall–Kier alpha value is -0.260. The van der Waals surface area contributed by atoms with E-state index >= 15 is 0 Å². The van der Waals surface area contributed by atoms with Gasteiger partial charge in [0.1, 0.15) is 0 Å². The SMILES string of the molecule is CN(C)S(=O)(=O)N1CCC2(CC1)CC(CCNS(C)(=O)=O)CCO2. The van der Waals surface area contributed by atoms with Crippen LogP contribution in [0.15, 0.2) is 0 Å².